The Labute approximate surface area is 76.6 Å². The summed E-state index contributed by atoms with van der Waals surface area (Å²) in [6.45, 7) is 5.37. The molecule has 0 aromatic heterocycles. The lowest BCUT2D eigenvalue weighted by molar-refractivity contribution is -0.114. The van der Waals surface area contributed by atoms with Crippen molar-refractivity contribution < 1.29 is 4.79 Å². The van der Waals surface area contributed by atoms with Crippen LogP contribution in [0.2, 0.25) is 0 Å². The molecule has 0 spiro atoms. The summed E-state index contributed by atoms with van der Waals surface area (Å²) >= 11 is 0. The number of hydrogen-bond donors (Lipinski definition) is 0. The zero-order valence-corrected chi connectivity index (χ0v) is 8.73. The number of rotatable bonds is 1. The van der Waals surface area contributed by atoms with E-state index in [1.54, 1.807) is 0 Å². The van der Waals surface area contributed by atoms with Crippen LogP contribution in [0.3, 0.4) is 0 Å². The van der Waals surface area contributed by atoms with Gasteiger partial charge in [-0.2, -0.15) is 0 Å². The van der Waals surface area contributed by atoms with Gasteiger partial charge in [0.2, 0.25) is 0 Å². The maximum atomic E-state index is 9.44. The van der Waals surface area contributed by atoms with E-state index in [1.165, 1.54) is 52.4 Å². The molecule has 0 N–H and O–H groups in total. The number of Topliss-reactive ketones (excluding diaryl/α,β-unsaturated/α-hetero) is 1. The summed E-state index contributed by atoms with van der Waals surface area (Å²) in [4.78, 5) is 9.44. The molecular formula is C11H22O. The molecule has 1 fully saturated rings. The van der Waals surface area contributed by atoms with Gasteiger partial charge >= 0.3 is 0 Å². The minimum absolute atomic E-state index is 0.167. The van der Waals surface area contributed by atoms with Crippen molar-refractivity contribution in [3.05, 3.63) is 0 Å². The van der Waals surface area contributed by atoms with Gasteiger partial charge in [0.25, 0.3) is 0 Å². The predicted octanol–water partition coefficient (Wildman–Crippen LogP) is 3.57. The highest BCUT2D eigenvalue weighted by Crippen LogP contribution is 2.25. The molecule has 0 aromatic carbocycles. The highest BCUT2D eigenvalue weighted by atomic mass is 16.1. The minimum atomic E-state index is 0.167. The van der Waals surface area contributed by atoms with Gasteiger partial charge in [-0.15, -0.1) is 0 Å². The molecule has 1 rings (SSSR count). The molecule has 0 saturated heterocycles. The second kappa shape index (κ2) is 7.33. The second-order valence-electron chi connectivity index (χ2n) is 3.82. The summed E-state index contributed by atoms with van der Waals surface area (Å²) in [5.74, 6) is 1.25. The van der Waals surface area contributed by atoms with Gasteiger partial charge in [-0.1, -0.05) is 45.4 Å². The van der Waals surface area contributed by atoms with E-state index in [0.29, 0.717) is 0 Å². The molecule has 12 heavy (non-hydrogen) atoms. The maximum Gasteiger partial charge on any atom is 0.126 e. The van der Waals surface area contributed by atoms with Gasteiger partial charge in [-0.25, -0.2) is 0 Å². The van der Waals surface area contributed by atoms with E-state index in [2.05, 4.69) is 6.92 Å². The molecule has 1 saturated carbocycles. The van der Waals surface area contributed by atoms with E-state index in [-0.39, 0.29) is 5.78 Å². The van der Waals surface area contributed by atoms with Crippen molar-refractivity contribution in [1.29, 1.82) is 0 Å². The van der Waals surface area contributed by atoms with Gasteiger partial charge in [-0.05, 0) is 19.8 Å². The number of ketones is 1. The van der Waals surface area contributed by atoms with E-state index < -0.39 is 0 Å². The first-order valence-corrected chi connectivity index (χ1v) is 5.14. The average Bonchev–Trinajstić information content (AvgIpc) is 2.05. The minimum Gasteiger partial charge on any atom is -0.300 e. The molecule has 72 valence electrons. The zero-order valence-electron chi connectivity index (χ0n) is 8.73. The lowest BCUT2D eigenvalue weighted by Gasteiger charge is -2.18. The summed E-state index contributed by atoms with van der Waals surface area (Å²) in [5, 5.41) is 0. The molecule has 0 heterocycles. The van der Waals surface area contributed by atoms with Crippen LogP contribution >= 0.6 is 0 Å². The normalized spacial score (nSPS) is 17.9. The molecule has 0 unspecified atom stereocenters. The lowest BCUT2D eigenvalue weighted by Crippen LogP contribution is -2.03. The summed E-state index contributed by atoms with van der Waals surface area (Å²) in [5.41, 5.74) is 0. The van der Waals surface area contributed by atoms with Crippen LogP contribution in [0.4, 0.5) is 0 Å². The fourth-order valence-corrected chi connectivity index (χ4v) is 1.60. The van der Waals surface area contributed by atoms with Crippen LogP contribution in [0.1, 0.15) is 59.3 Å². The highest BCUT2D eigenvalue weighted by Gasteiger charge is 2.09. The van der Waals surface area contributed by atoms with Crippen molar-refractivity contribution in [3.8, 4) is 0 Å². The van der Waals surface area contributed by atoms with Gasteiger partial charge in [-0.3, -0.25) is 0 Å². The van der Waals surface area contributed by atoms with Crippen LogP contribution in [0, 0.1) is 5.92 Å². The van der Waals surface area contributed by atoms with Gasteiger partial charge in [0.1, 0.15) is 5.78 Å². The Balaban J connectivity index is 0.000000261. The first kappa shape index (κ1) is 11.7. The zero-order chi connectivity index (χ0) is 9.40. The Kier molecular flexibility index (Phi) is 7.12. The molecule has 1 aliphatic rings. The molecule has 0 radical (unpaired) electrons. The molecule has 0 aromatic rings. The third-order valence-electron chi connectivity index (χ3n) is 2.30. The van der Waals surface area contributed by atoms with Crippen LogP contribution in [-0.4, -0.2) is 5.78 Å². The molecule has 0 aliphatic heterocycles. The quantitative estimate of drug-likeness (QED) is 0.588. The van der Waals surface area contributed by atoms with E-state index in [9.17, 15) is 4.79 Å². The molecule has 1 aliphatic carbocycles. The average molecular weight is 170 g/mol. The smallest absolute Gasteiger partial charge is 0.126 e. The van der Waals surface area contributed by atoms with Crippen LogP contribution in [0.5, 0.6) is 0 Å². The SMILES string of the molecule is CC(C)=O.CCC1CCCCC1. The Bertz CT molecular complexity index is 108. The second-order valence-corrected chi connectivity index (χ2v) is 3.82. The van der Waals surface area contributed by atoms with Crippen molar-refractivity contribution in [2.24, 2.45) is 5.92 Å². The van der Waals surface area contributed by atoms with Crippen LogP contribution in [-0.2, 0) is 4.79 Å². The van der Waals surface area contributed by atoms with Gasteiger partial charge < -0.3 is 4.79 Å². The van der Waals surface area contributed by atoms with E-state index >= 15 is 0 Å². The van der Waals surface area contributed by atoms with Crippen molar-refractivity contribution in [2.45, 2.75) is 59.3 Å². The number of hydrogen-bond acceptors (Lipinski definition) is 1. The van der Waals surface area contributed by atoms with Crippen molar-refractivity contribution in [3.63, 3.8) is 0 Å². The standard InChI is InChI=1S/C8H16.C3H6O/c1-2-8-6-4-3-5-7-8;1-3(2)4/h8H,2-7H2,1H3;1-2H3. The molecule has 0 bridgehead atoms. The van der Waals surface area contributed by atoms with Crippen LogP contribution in [0.25, 0.3) is 0 Å². The van der Waals surface area contributed by atoms with Crippen molar-refractivity contribution in [1.82, 2.24) is 0 Å². The van der Waals surface area contributed by atoms with E-state index in [4.69, 9.17) is 0 Å². The van der Waals surface area contributed by atoms with E-state index in [1.807, 2.05) is 0 Å². The van der Waals surface area contributed by atoms with Crippen LogP contribution in [0.15, 0.2) is 0 Å². The Hall–Kier alpha value is -0.330. The van der Waals surface area contributed by atoms with Crippen LogP contribution < -0.4 is 0 Å². The van der Waals surface area contributed by atoms with E-state index in [0.717, 1.165) is 5.92 Å². The fraction of sp³-hybridized carbons (Fsp3) is 0.909. The third kappa shape index (κ3) is 7.77. The summed E-state index contributed by atoms with van der Waals surface area (Å²) < 4.78 is 0. The first-order chi connectivity index (χ1) is 5.66. The molecular weight excluding hydrogens is 148 g/mol. The first-order valence-electron chi connectivity index (χ1n) is 5.14. The predicted molar refractivity (Wildman–Crippen MR) is 53.2 cm³/mol. The largest absolute Gasteiger partial charge is 0.300 e. The monoisotopic (exact) mass is 170 g/mol. The maximum absolute atomic E-state index is 9.44. The van der Waals surface area contributed by atoms with Gasteiger partial charge in [0.15, 0.2) is 0 Å². The summed E-state index contributed by atoms with van der Waals surface area (Å²) in [6.07, 6.45) is 8.93. The van der Waals surface area contributed by atoms with Crippen molar-refractivity contribution >= 4 is 5.78 Å². The molecule has 1 heteroatoms. The van der Waals surface area contributed by atoms with Crippen molar-refractivity contribution in [2.75, 3.05) is 0 Å². The number of carbonyl (C=O) groups is 1. The molecule has 0 atom stereocenters. The highest BCUT2D eigenvalue weighted by molar-refractivity contribution is 5.72. The Morgan fingerprint density at radius 3 is 1.83 bits per heavy atom. The molecule has 1 nitrogen and oxygen atoms in total. The van der Waals surface area contributed by atoms with Gasteiger partial charge in [0, 0.05) is 0 Å². The van der Waals surface area contributed by atoms with Gasteiger partial charge in [0.05, 0.1) is 0 Å². The fourth-order valence-electron chi connectivity index (χ4n) is 1.60. The Morgan fingerprint density at radius 1 is 1.17 bits per heavy atom. The lowest BCUT2D eigenvalue weighted by atomic mass is 9.88. The third-order valence-corrected chi connectivity index (χ3v) is 2.30. The molecule has 0 amide bonds. The summed E-state index contributed by atoms with van der Waals surface area (Å²) in [6, 6.07) is 0. The number of carbonyl (C=O) groups excluding carboxylic acids is 1. The Morgan fingerprint density at radius 2 is 1.58 bits per heavy atom. The summed E-state index contributed by atoms with van der Waals surface area (Å²) in [7, 11) is 0. The topological polar surface area (TPSA) is 17.1 Å².